The topological polar surface area (TPSA) is 107 Å². The monoisotopic (exact) mass is 274 g/mol. The SMILES string of the molecule is CCC(CN)S(=O)(=O)Nc1nc(C)cc(OC)n1. The molecule has 1 heterocycles. The van der Waals surface area contributed by atoms with E-state index in [0.29, 0.717) is 18.0 Å². The zero-order chi connectivity index (χ0) is 13.8. The van der Waals surface area contributed by atoms with Gasteiger partial charge < -0.3 is 10.5 Å². The first-order chi connectivity index (χ1) is 8.42. The van der Waals surface area contributed by atoms with Gasteiger partial charge in [0.15, 0.2) is 0 Å². The average molecular weight is 274 g/mol. The van der Waals surface area contributed by atoms with E-state index in [2.05, 4.69) is 14.7 Å². The van der Waals surface area contributed by atoms with Crippen LogP contribution in [0.1, 0.15) is 19.0 Å². The van der Waals surface area contributed by atoms with E-state index in [-0.39, 0.29) is 12.5 Å². The number of nitrogens with zero attached hydrogens (tertiary/aromatic N) is 2. The number of ether oxygens (including phenoxy) is 1. The first-order valence-corrected chi connectivity index (χ1v) is 7.09. The van der Waals surface area contributed by atoms with Crippen LogP contribution in [0.25, 0.3) is 0 Å². The summed E-state index contributed by atoms with van der Waals surface area (Å²) in [6.45, 7) is 3.53. The third kappa shape index (κ3) is 3.54. The lowest BCUT2D eigenvalue weighted by Crippen LogP contribution is -2.34. The lowest BCUT2D eigenvalue weighted by Gasteiger charge is -2.14. The van der Waals surface area contributed by atoms with E-state index in [4.69, 9.17) is 10.5 Å². The molecule has 1 aromatic heterocycles. The molecule has 0 spiro atoms. The molecule has 0 amide bonds. The Morgan fingerprint density at radius 3 is 2.67 bits per heavy atom. The van der Waals surface area contributed by atoms with E-state index >= 15 is 0 Å². The molecule has 1 unspecified atom stereocenters. The molecular weight excluding hydrogens is 256 g/mol. The van der Waals surface area contributed by atoms with E-state index in [1.807, 2.05) is 0 Å². The molecule has 0 aliphatic rings. The highest BCUT2D eigenvalue weighted by molar-refractivity contribution is 7.93. The fourth-order valence-corrected chi connectivity index (χ4v) is 2.62. The van der Waals surface area contributed by atoms with Crippen molar-refractivity contribution in [3.63, 3.8) is 0 Å². The van der Waals surface area contributed by atoms with Gasteiger partial charge in [-0.1, -0.05) is 6.92 Å². The van der Waals surface area contributed by atoms with Gasteiger partial charge in [0.2, 0.25) is 21.9 Å². The summed E-state index contributed by atoms with van der Waals surface area (Å²) in [5.41, 5.74) is 6.04. The summed E-state index contributed by atoms with van der Waals surface area (Å²) in [6, 6.07) is 1.61. The fourth-order valence-electron chi connectivity index (χ4n) is 1.41. The second-order valence-electron chi connectivity index (χ2n) is 3.79. The van der Waals surface area contributed by atoms with Crippen molar-refractivity contribution < 1.29 is 13.2 Å². The van der Waals surface area contributed by atoms with Gasteiger partial charge in [-0.25, -0.2) is 13.4 Å². The lowest BCUT2D eigenvalue weighted by molar-refractivity contribution is 0.397. The molecule has 0 saturated carbocycles. The number of nitrogens with two attached hydrogens (primary N) is 1. The van der Waals surface area contributed by atoms with Crippen LogP contribution in [0.2, 0.25) is 0 Å². The summed E-state index contributed by atoms with van der Waals surface area (Å²) in [4.78, 5) is 7.92. The molecule has 0 aliphatic carbocycles. The Bertz CT molecular complexity index is 500. The standard InChI is InChI=1S/C10H18N4O3S/c1-4-8(6-11)18(15,16)14-10-12-7(2)5-9(13-10)17-3/h5,8H,4,6,11H2,1-3H3,(H,12,13,14). The Morgan fingerprint density at radius 1 is 1.50 bits per heavy atom. The van der Waals surface area contributed by atoms with E-state index in [0.717, 1.165) is 0 Å². The molecule has 1 atom stereocenters. The molecular formula is C10H18N4O3S. The summed E-state index contributed by atoms with van der Waals surface area (Å²) >= 11 is 0. The lowest BCUT2D eigenvalue weighted by atomic mass is 10.3. The number of hydrogen-bond donors (Lipinski definition) is 2. The van der Waals surface area contributed by atoms with Crippen molar-refractivity contribution in [2.24, 2.45) is 5.73 Å². The number of anilines is 1. The van der Waals surface area contributed by atoms with Crippen LogP contribution >= 0.6 is 0 Å². The van der Waals surface area contributed by atoms with E-state index < -0.39 is 15.3 Å². The van der Waals surface area contributed by atoms with E-state index in [1.54, 1.807) is 19.9 Å². The maximum Gasteiger partial charge on any atom is 0.240 e. The summed E-state index contributed by atoms with van der Waals surface area (Å²) in [5, 5.41) is -0.660. The van der Waals surface area contributed by atoms with Gasteiger partial charge in [-0.05, 0) is 13.3 Å². The maximum atomic E-state index is 12.0. The quantitative estimate of drug-likeness (QED) is 0.771. The van der Waals surface area contributed by atoms with Crippen LogP contribution in [-0.4, -0.2) is 37.3 Å². The second kappa shape index (κ2) is 5.96. The summed E-state index contributed by atoms with van der Waals surface area (Å²) in [5.74, 6) is 0.305. The maximum absolute atomic E-state index is 12.0. The smallest absolute Gasteiger partial charge is 0.240 e. The zero-order valence-electron chi connectivity index (χ0n) is 10.7. The van der Waals surface area contributed by atoms with Crippen molar-refractivity contribution in [1.82, 2.24) is 9.97 Å². The second-order valence-corrected chi connectivity index (χ2v) is 5.75. The third-order valence-electron chi connectivity index (χ3n) is 2.43. The third-order valence-corrected chi connectivity index (χ3v) is 4.30. The number of methoxy groups -OCH3 is 1. The minimum absolute atomic E-state index is 0.00116. The number of aryl methyl sites for hydroxylation is 1. The number of aromatic nitrogens is 2. The number of rotatable bonds is 6. The van der Waals surface area contributed by atoms with Crippen LogP contribution in [0.5, 0.6) is 5.88 Å². The predicted molar refractivity (Wildman–Crippen MR) is 69.0 cm³/mol. The molecule has 0 saturated heterocycles. The van der Waals surface area contributed by atoms with Crippen LogP contribution in [-0.2, 0) is 10.0 Å². The van der Waals surface area contributed by atoms with Crippen molar-refractivity contribution in [3.8, 4) is 5.88 Å². The Kier molecular flexibility index (Phi) is 4.85. The fraction of sp³-hybridized carbons (Fsp3) is 0.600. The van der Waals surface area contributed by atoms with Crippen LogP contribution in [0.4, 0.5) is 5.95 Å². The van der Waals surface area contributed by atoms with Crippen LogP contribution < -0.4 is 15.2 Å². The number of nitrogens with one attached hydrogen (secondary N) is 1. The van der Waals surface area contributed by atoms with Gasteiger partial charge in [0, 0.05) is 18.3 Å². The van der Waals surface area contributed by atoms with Crippen molar-refractivity contribution in [2.45, 2.75) is 25.5 Å². The Hall–Kier alpha value is -1.41. The van der Waals surface area contributed by atoms with Crippen molar-refractivity contribution in [1.29, 1.82) is 0 Å². The van der Waals surface area contributed by atoms with Gasteiger partial charge in [0.05, 0.1) is 12.4 Å². The summed E-state index contributed by atoms with van der Waals surface area (Å²) in [6.07, 6.45) is 0.425. The molecule has 102 valence electrons. The van der Waals surface area contributed by atoms with Crippen molar-refractivity contribution in [2.75, 3.05) is 18.4 Å². The molecule has 1 rings (SSSR count). The molecule has 0 aromatic carbocycles. The minimum Gasteiger partial charge on any atom is -0.481 e. The highest BCUT2D eigenvalue weighted by atomic mass is 32.2. The molecule has 8 heteroatoms. The van der Waals surface area contributed by atoms with Crippen molar-refractivity contribution in [3.05, 3.63) is 11.8 Å². The van der Waals surface area contributed by atoms with Gasteiger partial charge in [-0.2, -0.15) is 4.98 Å². The molecule has 0 aliphatic heterocycles. The molecule has 3 N–H and O–H groups in total. The number of sulfonamides is 1. The van der Waals surface area contributed by atoms with Gasteiger partial charge in [-0.15, -0.1) is 0 Å². The molecule has 7 nitrogen and oxygen atoms in total. The Balaban J connectivity index is 3.00. The van der Waals surface area contributed by atoms with Crippen LogP contribution in [0.15, 0.2) is 6.07 Å². The number of hydrogen-bond acceptors (Lipinski definition) is 6. The van der Waals surface area contributed by atoms with Gasteiger partial charge in [0.1, 0.15) is 0 Å². The van der Waals surface area contributed by atoms with Crippen molar-refractivity contribution >= 4 is 16.0 Å². The summed E-state index contributed by atoms with van der Waals surface area (Å²) in [7, 11) is -2.12. The highest BCUT2D eigenvalue weighted by Crippen LogP contribution is 2.14. The Morgan fingerprint density at radius 2 is 2.17 bits per heavy atom. The van der Waals surface area contributed by atoms with E-state index in [1.165, 1.54) is 7.11 Å². The Labute approximate surface area is 107 Å². The van der Waals surface area contributed by atoms with Gasteiger partial charge >= 0.3 is 0 Å². The highest BCUT2D eigenvalue weighted by Gasteiger charge is 2.23. The molecule has 1 aromatic rings. The predicted octanol–water partition coefficient (Wildman–Crippen LogP) is 0.273. The first-order valence-electron chi connectivity index (χ1n) is 5.54. The summed E-state index contributed by atoms with van der Waals surface area (Å²) < 4.78 is 31.2. The average Bonchev–Trinajstić information content (AvgIpc) is 2.28. The van der Waals surface area contributed by atoms with E-state index in [9.17, 15) is 8.42 Å². The normalized spacial score (nSPS) is 13.1. The largest absolute Gasteiger partial charge is 0.481 e. The van der Waals surface area contributed by atoms with Crippen LogP contribution in [0.3, 0.4) is 0 Å². The van der Waals surface area contributed by atoms with Crippen LogP contribution in [0, 0.1) is 6.92 Å². The van der Waals surface area contributed by atoms with Gasteiger partial charge in [0.25, 0.3) is 0 Å². The molecule has 0 fully saturated rings. The zero-order valence-corrected chi connectivity index (χ0v) is 11.5. The molecule has 18 heavy (non-hydrogen) atoms. The molecule has 0 bridgehead atoms. The van der Waals surface area contributed by atoms with Gasteiger partial charge in [-0.3, -0.25) is 4.72 Å². The molecule has 0 radical (unpaired) electrons. The first kappa shape index (κ1) is 14.7. The minimum atomic E-state index is -3.57.